The Bertz CT molecular complexity index is 1210. The summed E-state index contributed by atoms with van der Waals surface area (Å²) in [6.07, 6.45) is 1.34. The van der Waals surface area contributed by atoms with Crippen molar-refractivity contribution in [3.8, 4) is 23.0 Å². The fourth-order valence-corrected chi connectivity index (χ4v) is 3.06. The van der Waals surface area contributed by atoms with Crippen molar-refractivity contribution in [2.75, 3.05) is 45.7 Å². The quantitative estimate of drug-likeness (QED) is 0.415. The van der Waals surface area contributed by atoms with Crippen molar-refractivity contribution in [1.82, 2.24) is 0 Å². The predicted molar refractivity (Wildman–Crippen MR) is 125 cm³/mol. The number of hydrogen-bond donors (Lipinski definition) is 2. The van der Waals surface area contributed by atoms with Crippen LogP contribution in [0.2, 0.25) is 0 Å². The van der Waals surface area contributed by atoms with Crippen LogP contribution in [0, 0.1) is 0 Å². The highest BCUT2D eigenvalue weighted by molar-refractivity contribution is 6.07. The van der Waals surface area contributed by atoms with E-state index in [-0.39, 0.29) is 28.5 Å². The van der Waals surface area contributed by atoms with E-state index in [0.29, 0.717) is 17.2 Å². The Hall–Kier alpha value is -4.67. The van der Waals surface area contributed by atoms with Gasteiger partial charge < -0.3 is 38.7 Å². The molecule has 1 aromatic heterocycles. The minimum absolute atomic E-state index is 0.0356. The summed E-state index contributed by atoms with van der Waals surface area (Å²) in [6, 6.07) is 10.6. The molecule has 1 heterocycles. The Morgan fingerprint density at radius 1 is 0.800 bits per heavy atom. The molecule has 0 unspecified atom stereocenters. The minimum Gasteiger partial charge on any atom is -0.493 e. The molecule has 0 aliphatic heterocycles. The largest absolute Gasteiger partial charge is 0.493 e. The Morgan fingerprint density at radius 2 is 1.46 bits per heavy atom. The van der Waals surface area contributed by atoms with E-state index in [1.807, 2.05) is 0 Å². The molecule has 184 valence electrons. The molecular weight excluding hydrogens is 460 g/mol. The third-order valence-corrected chi connectivity index (χ3v) is 4.74. The van der Waals surface area contributed by atoms with Gasteiger partial charge in [0.2, 0.25) is 0 Å². The van der Waals surface area contributed by atoms with Crippen molar-refractivity contribution in [2.24, 2.45) is 0 Å². The number of nitrogens with one attached hydrogen (secondary N) is 2. The first-order valence-corrected chi connectivity index (χ1v) is 10.2. The van der Waals surface area contributed by atoms with Crippen LogP contribution in [0.15, 0.2) is 53.1 Å². The summed E-state index contributed by atoms with van der Waals surface area (Å²) in [6.45, 7) is -0.590. The lowest BCUT2D eigenvalue weighted by Crippen LogP contribution is -2.22. The Morgan fingerprint density at radius 3 is 2.09 bits per heavy atom. The van der Waals surface area contributed by atoms with Gasteiger partial charge in [0.25, 0.3) is 11.8 Å². The van der Waals surface area contributed by atoms with Gasteiger partial charge in [-0.1, -0.05) is 0 Å². The maximum absolute atomic E-state index is 12.8. The molecule has 3 aromatic rings. The molecule has 0 bridgehead atoms. The number of methoxy groups -OCH3 is 4. The molecule has 11 nitrogen and oxygen atoms in total. The average molecular weight is 484 g/mol. The minimum atomic E-state index is -0.872. The lowest BCUT2D eigenvalue weighted by atomic mass is 10.1. The Balaban J connectivity index is 1.75. The van der Waals surface area contributed by atoms with Gasteiger partial charge in [0, 0.05) is 23.9 Å². The van der Waals surface area contributed by atoms with Gasteiger partial charge >= 0.3 is 5.97 Å². The second-order valence-corrected chi connectivity index (χ2v) is 6.88. The smallest absolute Gasteiger partial charge is 0.340 e. The normalized spacial score (nSPS) is 10.2. The maximum atomic E-state index is 12.8. The summed E-state index contributed by atoms with van der Waals surface area (Å²) < 4.78 is 31.1. The number of esters is 1. The molecule has 35 heavy (non-hydrogen) atoms. The molecule has 0 fully saturated rings. The number of benzene rings is 2. The van der Waals surface area contributed by atoms with Gasteiger partial charge in [-0.15, -0.1) is 0 Å². The van der Waals surface area contributed by atoms with Crippen molar-refractivity contribution in [3.63, 3.8) is 0 Å². The zero-order valence-corrected chi connectivity index (χ0v) is 19.5. The van der Waals surface area contributed by atoms with Crippen molar-refractivity contribution < 1.29 is 42.5 Å². The number of anilines is 2. The first kappa shape index (κ1) is 25.0. The number of carbonyl (C=O) groups excluding carboxylic acids is 3. The zero-order valence-electron chi connectivity index (χ0n) is 19.5. The highest BCUT2D eigenvalue weighted by atomic mass is 16.5. The molecule has 2 N–H and O–H groups in total. The summed E-state index contributed by atoms with van der Waals surface area (Å²) in [7, 11) is 5.77. The van der Waals surface area contributed by atoms with Crippen LogP contribution < -0.4 is 29.6 Å². The van der Waals surface area contributed by atoms with Crippen molar-refractivity contribution >= 4 is 29.2 Å². The van der Waals surface area contributed by atoms with E-state index in [0.717, 1.165) is 0 Å². The summed E-state index contributed by atoms with van der Waals surface area (Å²) >= 11 is 0. The van der Waals surface area contributed by atoms with E-state index >= 15 is 0 Å². The lowest BCUT2D eigenvalue weighted by molar-refractivity contribution is -0.119. The zero-order chi connectivity index (χ0) is 25.4. The molecule has 11 heteroatoms. The third kappa shape index (κ3) is 6.02. The Labute approximate surface area is 200 Å². The number of amides is 2. The van der Waals surface area contributed by atoms with E-state index in [2.05, 4.69) is 10.6 Å². The molecule has 0 atom stereocenters. The molecule has 0 saturated carbocycles. The van der Waals surface area contributed by atoms with Crippen molar-refractivity contribution in [2.45, 2.75) is 0 Å². The van der Waals surface area contributed by atoms with Gasteiger partial charge in [0.05, 0.1) is 46.0 Å². The van der Waals surface area contributed by atoms with Gasteiger partial charge in [0.15, 0.2) is 35.4 Å². The first-order valence-electron chi connectivity index (χ1n) is 10.2. The van der Waals surface area contributed by atoms with Gasteiger partial charge in [-0.05, 0) is 24.3 Å². The van der Waals surface area contributed by atoms with Gasteiger partial charge in [-0.3, -0.25) is 9.59 Å². The second kappa shape index (κ2) is 11.5. The van der Waals surface area contributed by atoms with E-state index in [1.165, 1.54) is 52.9 Å². The van der Waals surface area contributed by atoms with Crippen LogP contribution >= 0.6 is 0 Å². The second-order valence-electron chi connectivity index (χ2n) is 6.88. The maximum Gasteiger partial charge on any atom is 0.340 e. The number of furan rings is 1. The van der Waals surface area contributed by atoms with Crippen LogP contribution in [-0.4, -0.2) is 52.8 Å². The molecule has 0 radical (unpaired) electrons. The molecular formula is C24H24N2O9. The number of carbonyl (C=O) groups is 3. The van der Waals surface area contributed by atoms with E-state index in [9.17, 15) is 14.4 Å². The summed E-state index contributed by atoms with van der Waals surface area (Å²) in [5, 5.41) is 5.18. The van der Waals surface area contributed by atoms with Crippen LogP contribution in [0.1, 0.15) is 20.9 Å². The highest BCUT2D eigenvalue weighted by Gasteiger charge is 2.22. The van der Waals surface area contributed by atoms with Crippen LogP contribution in [0.4, 0.5) is 11.4 Å². The van der Waals surface area contributed by atoms with Crippen LogP contribution in [0.3, 0.4) is 0 Å². The summed E-state index contributed by atoms with van der Waals surface area (Å²) in [4.78, 5) is 37.6. The van der Waals surface area contributed by atoms with Crippen molar-refractivity contribution in [1.29, 1.82) is 0 Å². The monoisotopic (exact) mass is 484 g/mol. The fourth-order valence-electron chi connectivity index (χ4n) is 3.06. The molecule has 0 aliphatic carbocycles. The molecule has 0 aliphatic rings. The lowest BCUT2D eigenvalue weighted by Gasteiger charge is -2.15. The topological polar surface area (TPSA) is 135 Å². The third-order valence-electron chi connectivity index (χ3n) is 4.74. The van der Waals surface area contributed by atoms with Crippen LogP contribution in [0.5, 0.6) is 23.0 Å². The standard InChI is InChI=1S/C24H24N2O9/c1-30-17-8-7-14(10-19(17)31-2)25-22(27)13-35-24(29)15-11-20(32-3)21(33-4)12-16(15)26-23(28)18-6-5-9-34-18/h5-12H,13H2,1-4H3,(H,25,27)(H,26,28). The van der Waals surface area contributed by atoms with Crippen LogP contribution in [-0.2, 0) is 9.53 Å². The van der Waals surface area contributed by atoms with E-state index in [4.69, 9.17) is 28.1 Å². The van der Waals surface area contributed by atoms with E-state index in [1.54, 1.807) is 24.3 Å². The molecule has 0 spiro atoms. The number of ether oxygens (including phenoxy) is 5. The van der Waals surface area contributed by atoms with Gasteiger partial charge in [-0.25, -0.2) is 4.79 Å². The summed E-state index contributed by atoms with van der Waals surface area (Å²) in [5.74, 6) is -0.611. The number of rotatable bonds is 10. The number of hydrogen-bond acceptors (Lipinski definition) is 9. The molecule has 2 aromatic carbocycles. The molecule has 3 rings (SSSR count). The molecule has 0 saturated heterocycles. The molecule has 2 amide bonds. The predicted octanol–water partition coefficient (Wildman–Crippen LogP) is 3.36. The summed E-state index contributed by atoms with van der Waals surface area (Å²) in [5.41, 5.74) is 0.442. The van der Waals surface area contributed by atoms with Crippen LogP contribution in [0.25, 0.3) is 0 Å². The van der Waals surface area contributed by atoms with Gasteiger partial charge in [0.1, 0.15) is 0 Å². The Kier molecular flexibility index (Phi) is 8.17. The van der Waals surface area contributed by atoms with Gasteiger partial charge in [-0.2, -0.15) is 0 Å². The highest BCUT2D eigenvalue weighted by Crippen LogP contribution is 2.34. The first-order chi connectivity index (χ1) is 16.9. The van der Waals surface area contributed by atoms with Crippen molar-refractivity contribution in [3.05, 3.63) is 60.1 Å². The average Bonchev–Trinajstić information content (AvgIpc) is 3.42. The van der Waals surface area contributed by atoms with E-state index < -0.39 is 24.4 Å². The SMILES string of the molecule is COc1ccc(NC(=O)COC(=O)c2cc(OC)c(OC)cc2NC(=O)c2ccco2)cc1OC. The fraction of sp³-hybridized carbons (Fsp3) is 0.208.